The molecule has 0 bridgehead atoms. The summed E-state index contributed by atoms with van der Waals surface area (Å²) in [6.45, 7) is 6.16. The molecule has 0 aromatic rings. The first-order chi connectivity index (χ1) is 21.7. The molecular formula is C34H40F2O9S. The standard InChI is InChI=1S/C34H40F2O9S/c1-5-43-28(40)29(41)44-13-6-7-14-46-30(42)34(45-27(39)20-9-8-10-20)19(2)15-22-23-17-25(35)24-16-21(37)11-12-31(24,3)33(23,36)26(38)18-32(22,34)4/h11-12,16,19-20,22-23,25-26,38H,5,8-10,13-15,17-18H2,1-4H3/t19-,22+,23+,25+,26+,31+,32+,33+,34+/m1/s1. The maximum absolute atomic E-state index is 17.6. The fourth-order valence-electron chi connectivity index (χ4n) is 8.77. The summed E-state index contributed by atoms with van der Waals surface area (Å²) in [4.78, 5) is 62.9. The lowest BCUT2D eigenvalue weighted by Gasteiger charge is -2.63. The number of carbonyl (C=O) groups excluding carboxylic acids is 5. The highest BCUT2D eigenvalue weighted by atomic mass is 32.2. The van der Waals surface area contributed by atoms with E-state index in [-0.39, 0.29) is 43.1 Å². The van der Waals surface area contributed by atoms with Gasteiger partial charge in [0.15, 0.2) is 23.7 Å². The molecule has 4 fully saturated rings. The number of thioether (sulfide) groups is 1. The molecule has 0 heterocycles. The molecule has 250 valence electrons. The second kappa shape index (κ2) is 12.5. The van der Waals surface area contributed by atoms with Gasteiger partial charge >= 0.3 is 17.9 Å². The van der Waals surface area contributed by atoms with Gasteiger partial charge in [-0.05, 0) is 69.6 Å². The van der Waals surface area contributed by atoms with E-state index in [1.807, 2.05) is 0 Å². The fraction of sp³-hybridized carbons (Fsp3) is 0.676. The number of allylic oxidation sites excluding steroid dienone is 4. The third-order valence-corrected chi connectivity index (χ3v) is 12.1. The van der Waals surface area contributed by atoms with Crippen molar-refractivity contribution in [2.75, 3.05) is 19.0 Å². The molecule has 0 unspecified atom stereocenters. The Labute approximate surface area is 271 Å². The number of halogens is 2. The third-order valence-electron chi connectivity index (χ3n) is 11.3. The van der Waals surface area contributed by atoms with E-state index in [9.17, 15) is 29.1 Å². The Morgan fingerprint density at radius 2 is 1.78 bits per heavy atom. The molecule has 0 aromatic heterocycles. The van der Waals surface area contributed by atoms with Gasteiger partial charge in [-0.3, -0.25) is 14.4 Å². The molecule has 0 aliphatic heterocycles. The molecular weight excluding hydrogens is 622 g/mol. The Bertz CT molecular complexity index is 1440. The summed E-state index contributed by atoms with van der Waals surface area (Å²) >= 11 is 0.802. The molecule has 5 rings (SSSR count). The number of hydrogen-bond donors (Lipinski definition) is 1. The summed E-state index contributed by atoms with van der Waals surface area (Å²) in [7, 11) is 0. The summed E-state index contributed by atoms with van der Waals surface area (Å²) < 4.78 is 49.1. The smallest absolute Gasteiger partial charge is 0.418 e. The van der Waals surface area contributed by atoms with Crippen LogP contribution in [0, 0.1) is 46.3 Å². The number of esters is 3. The van der Waals surface area contributed by atoms with Gasteiger partial charge in [-0.2, -0.15) is 0 Å². The first-order valence-corrected chi connectivity index (χ1v) is 16.8. The van der Waals surface area contributed by atoms with Gasteiger partial charge in [0, 0.05) is 22.7 Å². The second-order valence-electron chi connectivity index (χ2n) is 13.5. The van der Waals surface area contributed by atoms with Crippen molar-refractivity contribution >= 4 is 40.6 Å². The molecule has 46 heavy (non-hydrogen) atoms. The number of carbonyl (C=O) groups is 5. The van der Waals surface area contributed by atoms with Crippen LogP contribution in [-0.2, 0) is 38.2 Å². The number of aliphatic hydroxyl groups is 1. The van der Waals surface area contributed by atoms with Gasteiger partial charge in [0.1, 0.15) is 6.17 Å². The average molecular weight is 663 g/mol. The highest BCUT2D eigenvalue weighted by molar-refractivity contribution is 8.14. The van der Waals surface area contributed by atoms with Crippen LogP contribution in [0.15, 0.2) is 23.8 Å². The van der Waals surface area contributed by atoms with Crippen molar-refractivity contribution in [2.24, 2.45) is 34.5 Å². The van der Waals surface area contributed by atoms with Crippen molar-refractivity contribution in [3.05, 3.63) is 23.8 Å². The predicted octanol–water partition coefficient (Wildman–Crippen LogP) is 4.00. The van der Waals surface area contributed by atoms with Gasteiger partial charge in [-0.15, -0.1) is 0 Å². The molecule has 0 spiro atoms. The minimum atomic E-state index is -2.33. The zero-order valence-corrected chi connectivity index (χ0v) is 27.3. The number of hydrogen-bond acceptors (Lipinski definition) is 10. The minimum absolute atomic E-state index is 0.00765. The van der Waals surface area contributed by atoms with Crippen LogP contribution in [0.1, 0.15) is 66.2 Å². The monoisotopic (exact) mass is 662 g/mol. The third kappa shape index (κ3) is 5.13. The Balaban J connectivity index is 1.44. The van der Waals surface area contributed by atoms with E-state index in [0.717, 1.165) is 24.3 Å². The van der Waals surface area contributed by atoms with Crippen molar-refractivity contribution in [3.8, 4) is 11.8 Å². The molecule has 4 saturated carbocycles. The number of aliphatic hydroxyl groups excluding tert-OH is 1. The van der Waals surface area contributed by atoms with E-state index in [0.29, 0.717) is 12.8 Å². The fourth-order valence-corrected chi connectivity index (χ4v) is 9.76. The van der Waals surface area contributed by atoms with E-state index in [4.69, 9.17) is 9.47 Å². The highest BCUT2D eigenvalue weighted by Crippen LogP contribution is 2.72. The topological polar surface area (TPSA) is 133 Å². The van der Waals surface area contributed by atoms with Gasteiger partial charge < -0.3 is 19.3 Å². The largest absolute Gasteiger partial charge is 0.458 e. The molecule has 0 radical (unpaired) electrons. The second-order valence-corrected chi connectivity index (χ2v) is 14.5. The van der Waals surface area contributed by atoms with E-state index >= 15 is 8.78 Å². The Morgan fingerprint density at radius 1 is 1.09 bits per heavy atom. The molecule has 12 heteroatoms. The van der Waals surface area contributed by atoms with Crippen molar-refractivity contribution in [2.45, 2.75) is 89.8 Å². The van der Waals surface area contributed by atoms with Gasteiger partial charge in [-0.25, -0.2) is 18.4 Å². The predicted molar refractivity (Wildman–Crippen MR) is 162 cm³/mol. The van der Waals surface area contributed by atoms with Crippen LogP contribution in [0.5, 0.6) is 0 Å². The molecule has 0 saturated heterocycles. The van der Waals surface area contributed by atoms with Crippen LogP contribution in [0.2, 0.25) is 0 Å². The normalized spacial score (nSPS) is 39.3. The van der Waals surface area contributed by atoms with Crippen molar-refractivity contribution in [1.82, 2.24) is 0 Å². The molecule has 0 aromatic carbocycles. The maximum Gasteiger partial charge on any atom is 0.418 e. The molecule has 9 atom stereocenters. The van der Waals surface area contributed by atoms with Crippen molar-refractivity contribution in [3.63, 3.8) is 0 Å². The first-order valence-electron chi connectivity index (χ1n) is 15.8. The highest BCUT2D eigenvalue weighted by Gasteiger charge is 2.78. The number of rotatable bonds is 6. The van der Waals surface area contributed by atoms with Crippen LogP contribution in [0.3, 0.4) is 0 Å². The Morgan fingerprint density at radius 3 is 2.43 bits per heavy atom. The van der Waals surface area contributed by atoms with E-state index in [1.54, 1.807) is 20.8 Å². The van der Waals surface area contributed by atoms with Crippen LogP contribution >= 0.6 is 11.8 Å². The summed E-state index contributed by atoms with van der Waals surface area (Å²) in [5, 5.41) is 11.2. The molecule has 1 N–H and O–H groups in total. The molecule has 5 aliphatic rings. The van der Waals surface area contributed by atoms with Gasteiger partial charge in [0.25, 0.3) is 0 Å². The summed E-state index contributed by atoms with van der Waals surface area (Å²) in [5.74, 6) is -0.703. The number of ketones is 1. The molecule has 9 nitrogen and oxygen atoms in total. The number of alkyl halides is 2. The summed E-state index contributed by atoms with van der Waals surface area (Å²) in [6.07, 6.45) is 2.26. The lowest BCUT2D eigenvalue weighted by Crippen LogP contribution is -2.70. The van der Waals surface area contributed by atoms with Crippen molar-refractivity contribution < 1.29 is 52.1 Å². The van der Waals surface area contributed by atoms with Gasteiger partial charge in [0.2, 0.25) is 5.12 Å². The van der Waals surface area contributed by atoms with Gasteiger partial charge in [0.05, 0.1) is 24.4 Å². The minimum Gasteiger partial charge on any atom is -0.458 e. The lowest BCUT2D eigenvalue weighted by atomic mass is 9.44. The SMILES string of the molecule is CCOC(=O)C(=O)OCC#CCSC(=O)[C@@]1(OC(=O)C2CCC2)[C@H](C)C[C@H]2[C@@H]3C[C@H](F)C4=CC(=O)C=C[C@]4(C)[C@@]3(F)[C@@H](O)C[C@@]21C. The average Bonchev–Trinajstić information content (AvgIpc) is 3.18. The van der Waals surface area contributed by atoms with Crippen LogP contribution in [-0.4, -0.2) is 76.4 Å². The quantitative estimate of drug-likeness (QED) is 0.193. The van der Waals surface area contributed by atoms with Crippen LogP contribution in [0.25, 0.3) is 0 Å². The molecule has 0 amide bonds. The van der Waals surface area contributed by atoms with Gasteiger partial charge in [-0.1, -0.05) is 49.9 Å². The zero-order valence-electron chi connectivity index (χ0n) is 26.4. The Kier molecular flexibility index (Phi) is 9.34. The zero-order chi connectivity index (χ0) is 33.7. The van der Waals surface area contributed by atoms with E-state index < -0.39 is 87.5 Å². The van der Waals surface area contributed by atoms with E-state index in [1.165, 1.54) is 19.1 Å². The lowest BCUT2D eigenvalue weighted by molar-refractivity contribution is -0.230. The summed E-state index contributed by atoms with van der Waals surface area (Å²) in [5.41, 5.74) is -6.90. The van der Waals surface area contributed by atoms with Crippen molar-refractivity contribution in [1.29, 1.82) is 0 Å². The molecule has 5 aliphatic carbocycles. The maximum atomic E-state index is 17.6. The Hall–Kier alpha value is -3.04. The summed E-state index contributed by atoms with van der Waals surface area (Å²) in [6, 6.07) is 0. The van der Waals surface area contributed by atoms with E-state index in [2.05, 4.69) is 16.6 Å². The first kappa shape index (κ1) is 34.3. The number of fused-ring (bicyclic) bond motifs is 5. The van der Waals surface area contributed by atoms with Crippen LogP contribution in [0.4, 0.5) is 8.78 Å². The van der Waals surface area contributed by atoms with Crippen LogP contribution < -0.4 is 0 Å². The number of ether oxygens (including phenoxy) is 3.